The number of likely N-dealkylation sites (tertiary alicyclic amines) is 1. The van der Waals surface area contributed by atoms with E-state index in [1.54, 1.807) is 4.72 Å². The summed E-state index contributed by atoms with van der Waals surface area (Å²) in [5.74, 6) is -2.46. The van der Waals surface area contributed by atoms with Crippen LogP contribution in [0, 0.1) is 11.8 Å². The van der Waals surface area contributed by atoms with Crippen molar-refractivity contribution in [3.63, 3.8) is 0 Å². The van der Waals surface area contributed by atoms with Crippen LogP contribution in [0.4, 0.5) is 31.1 Å². The van der Waals surface area contributed by atoms with Gasteiger partial charge in [0.25, 0.3) is 10.0 Å². The molecule has 0 aromatic heterocycles. The normalized spacial score (nSPS) is 19.2. The summed E-state index contributed by atoms with van der Waals surface area (Å²) in [7, 11) is -5.06. The number of amides is 2. The van der Waals surface area contributed by atoms with Crippen LogP contribution in [0.25, 0.3) is 0 Å². The van der Waals surface area contributed by atoms with Gasteiger partial charge in [0, 0.05) is 19.0 Å². The summed E-state index contributed by atoms with van der Waals surface area (Å²) in [6.45, 7) is 4.13. The minimum atomic E-state index is -5.25. The standard InChI is InChI=1S/C22H28F6N2O5S/c1-3-5-9-35-20(32)30-8-7-18(14(13-30)6-4-2)19(31)29-36(33,34)17-11-15(21(23,24)25)10-16(12-17)22(26,27)28/h10-12,14,18H,3-9,13H2,1-2H3,(H,29,31). The molecule has 2 unspecified atom stereocenters. The van der Waals surface area contributed by atoms with E-state index in [-0.39, 0.29) is 44.3 Å². The number of alkyl halides is 6. The number of ether oxygens (including phenoxy) is 1. The second-order valence-electron chi connectivity index (χ2n) is 8.57. The second kappa shape index (κ2) is 11.7. The molecule has 36 heavy (non-hydrogen) atoms. The van der Waals surface area contributed by atoms with Crippen molar-refractivity contribution >= 4 is 22.0 Å². The Morgan fingerprint density at radius 2 is 1.61 bits per heavy atom. The van der Waals surface area contributed by atoms with E-state index in [0.29, 0.717) is 19.3 Å². The van der Waals surface area contributed by atoms with E-state index in [4.69, 9.17) is 4.74 Å². The summed E-state index contributed by atoms with van der Waals surface area (Å²) in [6, 6.07) is -0.111. The molecule has 2 rings (SSSR count). The number of carbonyl (C=O) groups excluding carboxylic acids is 2. The third-order valence-electron chi connectivity index (χ3n) is 5.82. The average Bonchev–Trinajstić information content (AvgIpc) is 2.77. The fourth-order valence-electron chi connectivity index (χ4n) is 3.95. The highest BCUT2D eigenvalue weighted by atomic mass is 32.2. The van der Waals surface area contributed by atoms with Crippen LogP contribution in [-0.2, 0) is 31.9 Å². The highest BCUT2D eigenvalue weighted by Crippen LogP contribution is 2.37. The first-order valence-electron chi connectivity index (χ1n) is 11.4. The third-order valence-corrected chi connectivity index (χ3v) is 7.14. The lowest BCUT2D eigenvalue weighted by molar-refractivity contribution is -0.143. The van der Waals surface area contributed by atoms with Gasteiger partial charge in [-0.05, 0) is 43.4 Å². The summed E-state index contributed by atoms with van der Waals surface area (Å²) in [4.78, 5) is 25.2. The van der Waals surface area contributed by atoms with E-state index in [1.165, 1.54) is 4.90 Å². The van der Waals surface area contributed by atoms with Gasteiger partial charge in [-0.1, -0.05) is 26.7 Å². The van der Waals surface area contributed by atoms with Crippen LogP contribution >= 0.6 is 0 Å². The minimum Gasteiger partial charge on any atom is -0.449 e. The van der Waals surface area contributed by atoms with Crippen molar-refractivity contribution in [3.05, 3.63) is 29.3 Å². The monoisotopic (exact) mass is 546 g/mol. The molecule has 0 spiro atoms. The topological polar surface area (TPSA) is 92.8 Å². The molecule has 0 radical (unpaired) electrons. The van der Waals surface area contributed by atoms with E-state index in [9.17, 15) is 44.3 Å². The molecule has 1 aliphatic heterocycles. The summed E-state index contributed by atoms with van der Waals surface area (Å²) in [5, 5.41) is 0. The van der Waals surface area contributed by atoms with Gasteiger partial charge < -0.3 is 9.64 Å². The van der Waals surface area contributed by atoms with E-state index < -0.39 is 62.2 Å². The Balaban J connectivity index is 2.25. The molecule has 1 aromatic rings. The average molecular weight is 547 g/mol. The first-order valence-corrected chi connectivity index (χ1v) is 12.9. The molecular weight excluding hydrogens is 518 g/mol. The maximum absolute atomic E-state index is 13.1. The lowest BCUT2D eigenvalue weighted by atomic mass is 9.82. The Bertz CT molecular complexity index is 1010. The summed E-state index contributed by atoms with van der Waals surface area (Å²) < 4.78 is 111. The zero-order valence-electron chi connectivity index (χ0n) is 19.7. The van der Waals surface area contributed by atoms with Crippen molar-refractivity contribution in [3.8, 4) is 0 Å². The van der Waals surface area contributed by atoms with Crippen LogP contribution in [0.5, 0.6) is 0 Å². The van der Waals surface area contributed by atoms with Gasteiger partial charge in [0.05, 0.1) is 22.6 Å². The largest absolute Gasteiger partial charge is 0.449 e. The quantitative estimate of drug-likeness (QED) is 0.357. The highest BCUT2D eigenvalue weighted by Gasteiger charge is 2.40. The summed E-state index contributed by atoms with van der Waals surface area (Å²) >= 11 is 0. The van der Waals surface area contributed by atoms with E-state index in [0.717, 1.165) is 6.42 Å². The van der Waals surface area contributed by atoms with E-state index in [2.05, 4.69) is 0 Å². The molecule has 0 saturated carbocycles. The molecule has 1 fully saturated rings. The molecule has 2 atom stereocenters. The van der Waals surface area contributed by atoms with Crippen molar-refractivity contribution in [1.29, 1.82) is 0 Å². The van der Waals surface area contributed by atoms with Gasteiger partial charge in [-0.3, -0.25) is 4.79 Å². The molecule has 1 aromatic carbocycles. The SMILES string of the molecule is CCCCOC(=O)N1CCC(C(=O)NS(=O)(=O)c2cc(C(F)(F)F)cc(C(F)(F)F)c2)C(CCC)C1. The van der Waals surface area contributed by atoms with Crippen LogP contribution in [0.2, 0.25) is 0 Å². The number of rotatable bonds is 8. The maximum atomic E-state index is 13.1. The Morgan fingerprint density at radius 1 is 1.03 bits per heavy atom. The number of unbranched alkanes of at least 4 members (excludes halogenated alkanes) is 1. The molecule has 14 heteroatoms. The molecule has 1 saturated heterocycles. The van der Waals surface area contributed by atoms with Gasteiger partial charge >= 0.3 is 18.4 Å². The van der Waals surface area contributed by atoms with Crippen LogP contribution in [0.15, 0.2) is 23.1 Å². The Morgan fingerprint density at radius 3 is 2.11 bits per heavy atom. The summed E-state index contributed by atoms with van der Waals surface area (Å²) in [6.07, 6.45) is -8.52. The zero-order chi connectivity index (χ0) is 27.3. The van der Waals surface area contributed by atoms with Gasteiger partial charge in [0.1, 0.15) is 0 Å². The number of benzene rings is 1. The number of sulfonamides is 1. The van der Waals surface area contributed by atoms with Gasteiger partial charge in [-0.15, -0.1) is 0 Å². The molecule has 0 aliphatic carbocycles. The molecule has 1 aliphatic rings. The molecule has 0 bridgehead atoms. The van der Waals surface area contributed by atoms with Gasteiger partial charge in [-0.2, -0.15) is 26.3 Å². The Hall–Kier alpha value is -2.51. The predicted octanol–water partition coefficient (Wildman–Crippen LogP) is 5.20. The van der Waals surface area contributed by atoms with Gasteiger partial charge in [-0.25, -0.2) is 17.9 Å². The van der Waals surface area contributed by atoms with Crippen molar-refractivity contribution in [2.45, 2.75) is 63.2 Å². The smallest absolute Gasteiger partial charge is 0.416 e. The fraction of sp³-hybridized carbons (Fsp3) is 0.636. The number of carbonyl (C=O) groups is 2. The maximum Gasteiger partial charge on any atom is 0.416 e. The van der Waals surface area contributed by atoms with Gasteiger partial charge in [0.2, 0.25) is 5.91 Å². The molecule has 1 heterocycles. The zero-order valence-corrected chi connectivity index (χ0v) is 20.5. The Kier molecular flexibility index (Phi) is 9.65. The van der Waals surface area contributed by atoms with E-state index in [1.807, 2.05) is 13.8 Å². The molecule has 2 amide bonds. The summed E-state index contributed by atoms with van der Waals surface area (Å²) in [5.41, 5.74) is -3.63. The lowest BCUT2D eigenvalue weighted by Gasteiger charge is -2.37. The molecular formula is C22H28F6N2O5S. The highest BCUT2D eigenvalue weighted by molar-refractivity contribution is 7.90. The minimum absolute atomic E-state index is 0.0449. The van der Waals surface area contributed by atoms with Crippen molar-refractivity contribution in [2.75, 3.05) is 19.7 Å². The molecule has 1 N–H and O–H groups in total. The fourth-order valence-corrected chi connectivity index (χ4v) is 5.05. The van der Waals surface area contributed by atoms with Crippen LogP contribution in [0.3, 0.4) is 0 Å². The lowest BCUT2D eigenvalue weighted by Crippen LogP contribution is -2.49. The van der Waals surface area contributed by atoms with Crippen molar-refractivity contribution in [2.24, 2.45) is 11.8 Å². The van der Waals surface area contributed by atoms with Crippen molar-refractivity contribution < 1.29 is 49.1 Å². The predicted molar refractivity (Wildman–Crippen MR) is 116 cm³/mol. The van der Waals surface area contributed by atoms with Crippen LogP contribution < -0.4 is 4.72 Å². The Labute approximate surface area is 205 Å². The van der Waals surface area contributed by atoms with Crippen LogP contribution in [-0.4, -0.2) is 45.0 Å². The van der Waals surface area contributed by atoms with Gasteiger partial charge in [0.15, 0.2) is 0 Å². The molecule has 7 nitrogen and oxygen atoms in total. The van der Waals surface area contributed by atoms with Crippen LogP contribution in [0.1, 0.15) is 57.1 Å². The number of nitrogens with one attached hydrogen (secondary N) is 1. The third kappa shape index (κ3) is 7.74. The molecule has 204 valence electrons. The van der Waals surface area contributed by atoms with Crippen molar-refractivity contribution in [1.82, 2.24) is 9.62 Å². The van der Waals surface area contributed by atoms with E-state index >= 15 is 0 Å². The first kappa shape index (κ1) is 29.7. The first-order chi connectivity index (χ1) is 16.6. The number of piperidine rings is 1. The number of hydrogen-bond donors (Lipinski definition) is 1. The number of nitrogens with zero attached hydrogens (tertiary/aromatic N) is 1. The second-order valence-corrected chi connectivity index (χ2v) is 10.3. The number of hydrogen-bond acceptors (Lipinski definition) is 5. The number of halogens is 6.